The van der Waals surface area contributed by atoms with Crippen LogP contribution in [0.4, 0.5) is 0 Å². The number of hydrogen-bond donors (Lipinski definition) is 0. The van der Waals surface area contributed by atoms with Crippen LogP contribution in [0.1, 0.15) is 46.0 Å². The van der Waals surface area contributed by atoms with Crippen LogP contribution in [0.25, 0.3) is 0 Å². The lowest BCUT2D eigenvalue weighted by atomic mass is 9.80. The van der Waals surface area contributed by atoms with Crippen LogP contribution in [0.3, 0.4) is 0 Å². The SMILES string of the molecule is CCC1(C(=O)OC)OC1(C)C1CCCC1. The fraction of sp³-hybridized carbons (Fsp3) is 0.917. The Morgan fingerprint density at radius 1 is 1.47 bits per heavy atom. The third-order valence-corrected chi connectivity index (χ3v) is 4.29. The third kappa shape index (κ3) is 1.32. The van der Waals surface area contributed by atoms with E-state index >= 15 is 0 Å². The van der Waals surface area contributed by atoms with E-state index in [-0.39, 0.29) is 11.6 Å². The third-order valence-electron chi connectivity index (χ3n) is 4.29. The molecular weight excluding hydrogens is 192 g/mol. The van der Waals surface area contributed by atoms with Crippen LogP contribution in [0.5, 0.6) is 0 Å². The van der Waals surface area contributed by atoms with Crippen molar-refractivity contribution in [1.29, 1.82) is 0 Å². The number of ether oxygens (including phenoxy) is 2. The Balaban J connectivity index is 2.15. The lowest BCUT2D eigenvalue weighted by molar-refractivity contribution is -0.147. The normalized spacial score (nSPS) is 40.5. The summed E-state index contributed by atoms with van der Waals surface area (Å²) < 4.78 is 10.7. The van der Waals surface area contributed by atoms with Gasteiger partial charge in [0, 0.05) is 0 Å². The minimum absolute atomic E-state index is 0.195. The molecule has 1 aliphatic carbocycles. The summed E-state index contributed by atoms with van der Waals surface area (Å²) in [6.45, 7) is 4.07. The first kappa shape index (κ1) is 10.9. The summed E-state index contributed by atoms with van der Waals surface area (Å²) in [7, 11) is 1.44. The summed E-state index contributed by atoms with van der Waals surface area (Å²) >= 11 is 0. The largest absolute Gasteiger partial charge is 0.467 e. The number of epoxide rings is 1. The number of esters is 1. The average molecular weight is 212 g/mol. The van der Waals surface area contributed by atoms with Crippen LogP contribution >= 0.6 is 0 Å². The van der Waals surface area contributed by atoms with Gasteiger partial charge in [0.05, 0.1) is 7.11 Å². The molecule has 0 amide bonds. The highest BCUT2D eigenvalue weighted by atomic mass is 16.7. The van der Waals surface area contributed by atoms with E-state index in [0.717, 1.165) is 0 Å². The predicted molar refractivity (Wildman–Crippen MR) is 56.5 cm³/mol. The number of carbonyl (C=O) groups is 1. The monoisotopic (exact) mass is 212 g/mol. The minimum atomic E-state index is -0.642. The van der Waals surface area contributed by atoms with Gasteiger partial charge in [0.15, 0.2) is 5.60 Å². The molecule has 15 heavy (non-hydrogen) atoms. The zero-order valence-electron chi connectivity index (χ0n) is 9.84. The molecule has 2 fully saturated rings. The van der Waals surface area contributed by atoms with Crippen molar-refractivity contribution in [3.05, 3.63) is 0 Å². The quantitative estimate of drug-likeness (QED) is 0.532. The Hall–Kier alpha value is -0.570. The van der Waals surface area contributed by atoms with Gasteiger partial charge < -0.3 is 9.47 Å². The summed E-state index contributed by atoms with van der Waals surface area (Å²) in [5.74, 6) is 0.343. The summed E-state index contributed by atoms with van der Waals surface area (Å²) in [5, 5.41) is 0. The Morgan fingerprint density at radius 2 is 2.07 bits per heavy atom. The van der Waals surface area contributed by atoms with Gasteiger partial charge >= 0.3 is 5.97 Å². The molecule has 2 rings (SSSR count). The van der Waals surface area contributed by atoms with Crippen molar-refractivity contribution in [1.82, 2.24) is 0 Å². The van der Waals surface area contributed by atoms with E-state index in [1.54, 1.807) is 0 Å². The first-order valence-corrected chi connectivity index (χ1v) is 5.89. The molecule has 0 N–H and O–H groups in total. The average Bonchev–Trinajstić information content (AvgIpc) is 2.70. The van der Waals surface area contributed by atoms with Crippen molar-refractivity contribution in [3.63, 3.8) is 0 Å². The number of hydrogen-bond acceptors (Lipinski definition) is 3. The second-order valence-corrected chi connectivity index (χ2v) is 4.86. The molecule has 0 spiro atoms. The second kappa shape index (κ2) is 3.48. The van der Waals surface area contributed by atoms with Crippen molar-refractivity contribution in [2.75, 3.05) is 7.11 Å². The zero-order valence-corrected chi connectivity index (χ0v) is 9.84. The van der Waals surface area contributed by atoms with Gasteiger partial charge in [-0.05, 0) is 32.1 Å². The van der Waals surface area contributed by atoms with E-state index in [9.17, 15) is 4.79 Å². The van der Waals surface area contributed by atoms with Gasteiger partial charge in [-0.2, -0.15) is 0 Å². The van der Waals surface area contributed by atoms with Crippen LogP contribution in [0.2, 0.25) is 0 Å². The van der Waals surface area contributed by atoms with Crippen molar-refractivity contribution in [2.45, 2.75) is 57.2 Å². The molecule has 2 aliphatic rings. The van der Waals surface area contributed by atoms with Crippen LogP contribution in [-0.4, -0.2) is 24.3 Å². The maximum Gasteiger partial charge on any atom is 0.341 e. The van der Waals surface area contributed by atoms with Crippen LogP contribution in [0.15, 0.2) is 0 Å². The lowest BCUT2D eigenvalue weighted by Crippen LogP contribution is -2.37. The molecule has 2 unspecified atom stereocenters. The first-order valence-electron chi connectivity index (χ1n) is 5.89. The predicted octanol–water partition coefficient (Wildman–Crippen LogP) is 2.29. The molecule has 0 radical (unpaired) electrons. The summed E-state index contributed by atoms with van der Waals surface area (Å²) in [6, 6.07) is 0. The van der Waals surface area contributed by atoms with Crippen LogP contribution < -0.4 is 0 Å². The van der Waals surface area contributed by atoms with Crippen LogP contribution in [0, 0.1) is 5.92 Å². The Kier molecular flexibility index (Phi) is 2.53. The smallest absolute Gasteiger partial charge is 0.341 e. The van der Waals surface area contributed by atoms with Gasteiger partial charge in [0.2, 0.25) is 0 Å². The Morgan fingerprint density at radius 3 is 2.53 bits per heavy atom. The van der Waals surface area contributed by atoms with Crippen molar-refractivity contribution in [2.24, 2.45) is 5.92 Å². The van der Waals surface area contributed by atoms with Gasteiger partial charge in [0.25, 0.3) is 0 Å². The number of methoxy groups -OCH3 is 1. The summed E-state index contributed by atoms with van der Waals surface area (Å²) in [4.78, 5) is 11.8. The van der Waals surface area contributed by atoms with Gasteiger partial charge in [-0.25, -0.2) is 4.79 Å². The van der Waals surface area contributed by atoms with Crippen molar-refractivity contribution >= 4 is 5.97 Å². The second-order valence-electron chi connectivity index (χ2n) is 4.86. The zero-order chi connectivity index (χ0) is 11.1. The topological polar surface area (TPSA) is 38.8 Å². The molecule has 0 aromatic rings. The summed E-state index contributed by atoms with van der Waals surface area (Å²) in [6.07, 6.45) is 5.63. The fourth-order valence-corrected chi connectivity index (χ4v) is 3.20. The standard InChI is InChI=1S/C12H20O3/c1-4-12(10(13)14-3)11(2,15-12)9-7-5-6-8-9/h9H,4-8H2,1-3H3. The Labute approximate surface area is 91.1 Å². The van der Waals surface area contributed by atoms with Crippen LogP contribution in [-0.2, 0) is 14.3 Å². The molecule has 0 aromatic heterocycles. The van der Waals surface area contributed by atoms with Gasteiger partial charge in [-0.15, -0.1) is 0 Å². The van der Waals surface area contributed by atoms with Crippen molar-refractivity contribution < 1.29 is 14.3 Å². The molecule has 1 heterocycles. The van der Waals surface area contributed by atoms with E-state index < -0.39 is 5.60 Å². The Bertz CT molecular complexity index is 270. The van der Waals surface area contributed by atoms with E-state index in [2.05, 4.69) is 6.92 Å². The maximum absolute atomic E-state index is 11.8. The van der Waals surface area contributed by atoms with Gasteiger partial charge in [-0.1, -0.05) is 19.8 Å². The van der Waals surface area contributed by atoms with Crippen molar-refractivity contribution in [3.8, 4) is 0 Å². The molecule has 0 aromatic carbocycles. The molecule has 1 aliphatic heterocycles. The highest BCUT2D eigenvalue weighted by Crippen LogP contribution is 2.59. The van der Waals surface area contributed by atoms with Gasteiger partial charge in [0.1, 0.15) is 5.60 Å². The molecule has 3 heteroatoms. The lowest BCUT2D eigenvalue weighted by Gasteiger charge is -2.19. The van der Waals surface area contributed by atoms with E-state index in [1.165, 1.54) is 32.8 Å². The minimum Gasteiger partial charge on any atom is -0.467 e. The van der Waals surface area contributed by atoms with Gasteiger partial charge in [-0.3, -0.25) is 0 Å². The summed E-state index contributed by atoms with van der Waals surface area (Å²) in [5.41, 5.74) is -0.901. The molecule has 2 atom stereocenters. The first-order chi connectivity index (χ1) is 7.10. The maximum atomic E-state index is 11.8. The van der Waals surface area contributed by atoms with E-state index in [1.807, 2.05) is 6.92 Å². The molecular formula is C12H20O3. The highest BCUT2D eigenvalue weighted by molar-refractivity contribution is 5.84. The molecule has 86 valence electrons. The van der Waals surface area contributed by atoms with E-state index in [4.69, 9.17) is 9.47 Å². The fourth-order valence-electron chi connectivity index (χ4n) is 3.20. The molecule has 0 bridgehead atoms. The molecule has 3 nitrogen and oxygen atoms in total. The highest BCUT2D eigenvalue weighted by Gasteiger charge is 2.74. The molecule has 1 saturated carbocycles. The molecule has 1 saturated heterocycles. The van der Waals surface area contributed by atoms with E-state index in [0.29, 0.717) is 12.3 Å². The number of rotatable bonds is 3. The number of carbonyl (C=O) groups excluding carboxylic acids is 1.